The van der Waals surface area contributed by atoms with Gasteiger partial charge in [-0.2, -0.15) is 4.99 Å². The molecular formula is C9H17NO2. The Balaban J connectivity index is 4.08. The van der Waals surface area contributed by atoms with E-state index in [-0.39, 0.29) is 0 Å². The van der Waals surface area contributed by atoms with Gasteiger partial charge in [0, 0.05) is 5.71 Å². The molecule has 0 spiro atoms. The van der Waals surface area contributed by atoms with Crippen molar-refractivity contribution in [2.75, 3.05) is 0 Å². The molecule has 0 aromatic carbocycles. The summed E-state index contributed by atoms with van der Waals surface area (Å²) in [6.07, 6.45) is 0.279. The van der Waals surface area contributed by atoms with Gasteiger partial charge < -0.3 is 4.74 Å². The molecule has 3 heteroatoms. The minimum atomic E-state index is -0.498. The summed E-state index contributed by atoms with van der Waals surface area (Å²) in [5, 5.41) is 0. The van der Waals surface area contributed by atoms with Gasteiger partial charge in [0.2, 0.25) is 0 Å². The first-order valence-corrected chi connectivity index (χ1v) is 4.12. The molecule has 0 rings (SSSR count). The van der Waals surface area contributed by atoms with Gasteiger partial charge >= 0.3 is 6.09 Å². The van der Waals surface area contributed by atoms with Gasteiger partial charge in [-0.05, 0) is 34.1 Å². The maximum absolute atomic E-state index is 11.0. The van der Waals surface area contributed by atoms with Crippen LogP contribution in [0.3, 0.4) is 0 Å². The standard InChI is InChI=1S/C9H17NO2/c1-6-7(2)10-8(11)12-9(3,4)5/h6H2,1-5H3/b10-7-. The Morgan fingerprint density at radius 3 is 2.25 bits per heavy atom. The lowest BCUT2D eigenvalue weighted by atomic mass is 10.2. The molecule has 70 valence electrons. The Kier molecular flexibility index (Phi) is 3.93. The normalized spacial score (nSPS) is 12.9. The quantitative estimate of drug-likeness (QED) is 0.569. The molecule has 0 N–H and O–H groups in total. The van der Waals surface area contributed by atoms with Crippen molar-refractivity contribution < 1.29 is 9.53 Å². The van der Waals surface area contributed by atoms with Crippen molar-refractivity contribution in [3.8, 4) is 0 Å². The minimum absolute atomic E-state index is 0.450. The summed E-state index contributed by atoms with van der Waals surface area (Å²) in [5.74, 6) is 0. The third kappa shape index (κ3) is 5.89. The smallest absolute Gasteiger partial charge is 0.434 e. The van der Waals surface area contributed by atoms with E-state index in [1.54, 1.807) is 0 Å². The third-order valence-corrected chi connectivity index (χ3v) is 1.19. The van der Waals surface area contributed by atoms with Crippen molar-refractivity contribution in [2.45, 2.75) is 46.6 Å². The highest BCUT2D eigenvalue weighted by Gasteiger charge is 2.15. The van der Waals surface area contributed by atoms with Crippen LogP contribution in [0.5, 0.6) is 0 Å². The number of rotatable bonds is 1. The highest BCUT2D eigenvalue weighted by atomic mass is 16.6. The first-order chi connectivity index (χ1) is 5.35. The van der Waals surface area contributed by atoms with E-state index in [9.17, 15) is 4.79 Å². The molecule has 0 fully saturated rings. The molecular weight excluding hydrogens is 154 g/mol. The first kappa shape index (κ1) is 11.1. The lowest BCUT2D eigenvalue weighted by molar-refractivity contribution is 0.0604. The second kappa shape index (κ2) is 4.24. The second-order valence-corrected chi connectivity index (χ2v) is 3.68. The molecule has 0 heterocycles. The molecule has 3 nitrogen and oxygen atoms in total. The summed E-state index contributed by atoms with van der Waals surface area (Å²) in [5.41, 5.74) is 0.346. The summed E-state index contributed by atoms with van der Waals surface area (Å²) in [7, 11) is 0. The summed E-state index contributed by atoms with van der Waals surface area (Å²) in [4.78, 5) is 14.8. The largest absolute Gasteiger partial charge is 0.442 e. The number of hydrogen-bond acceptors (Lipinski definition) is 2. The van der Waals surface area contributed by atoms with E-state index in [1.165, 1.54) is 0 Å². The van der Waals surface area contributed by atoms with Gasteiger partial charge in [-0.15, -0.1) is 0 Å². The highest BCUT2D eigenvalue weighted by Crippen LogP contribution is 2.08. The fourth-order valence-corrected chi connectivity index (χ4v) is 0.520. The number of carbonyl (C=O) groups excluding carboxylic acids is 1. The van der Waals surface area contributed by atoms with E-state index in [2.05, 4.69) is 4.99 Å². The van der Waals surface area contributed by atoms with Gasteiger partial charge in [-0.25, -0.2) is 4.79 Å². The summed E-state index contributed by atoms with van der Waals surface area (Å²) < 4.78 is 4.98. The average molecular weight is 171 g/mol. The monoisotopic (exact) mass is 171 g/mol. The van der Waals surface area contributed by atoms with Gasteiger partial charge in [0.25, 0.3) is 0 Å². The van der Waals surface area contributed by atoms with Gasteiger partial charge in [0.05, 0.1) is 0 Å². The van der Waals surface area contributed by atoms with Crippen molar-refractivity contribution in [3.05, 3.63) is 0 Å². The van der Waals surface area contributed by atoms with E-state index >= 15 is 0 Å². The zero-order chi connectivity index (χ0) is 9.78. The van der Waals surface area contributed by atoms with Crippen LogP contribution in [0.15, 0.2) is 4.99 Å². The maximum atomic E-state index is 11.0. The molecule has 0 saturated carbocycles. The molecule has 0 radical (unpaired) electrons. The Morgan fingerprint density at radius 1 is 1.42 bits per heavy atom. The minimum Gasteiger partial charge on any atom is -0.442 e. The topological polar surface area (TPSA) is 38.7 Å². The lowest BCUT2D eigenvalue weighted by Crippen LogP contribution is -2.22. The van der Waals surface area contributed by atoms with E-state index < -0.39 is 11.7 Å². The number of nitrogens with zero attached hydrogens (tertiary/aromatic N) is 1. The van der Waals surface area contributed by atoms with Crippen molar-refractivity contribution in [1.29, 1.82) is 0 Å². The number of carbonyl (C=O) groups is 1. The maximum Gasteiger partial charge on any atom is 0.434 e. The number of amides is 1. The van der Waals surface area contributed by atoms with Gasteiger partial charge in [0.15, 0.2) is 0 Å². The summed E-state index contributed by atoms with van der Waals surface area (Å²) >= 11 is 0. The van der Waals surface area contributed by atoms with Crippen LogP contribution in [0, 0.1) is 0 Å². The van der Waals surface area contributed by atoms with E-state index in [0.717, 1.165) is 12.1 Å². The van der Waals surface area contributed by atoms with Crippen molar-refractivity contribution in [1.82, 2.24) is 0 Å². The van der Waals surface area contributed by atoms with Crippen molar-refractivity contribution >= 4 is 11.8 Å². The zero-order valence-electron chi connectivity index (χ0n) is 8.47. The van der Waals surface area contributed by atoms with Crippen LogP contribution < -0.4 is 0 Å². The molecule has 0 unspecified atom stereocenters. The number of hydrogen-bond donors (Lipinski definition) is 0. The van der Waals surface area contributed by atoms with Crippen LogP contribution in [0.2, 0.25) is 0 Å². The molecule has 0 bridgehead atoms. The van der Waals surface area contributed by atoms with Crippen LogP contribution in [0.25, 0.3) is 0 Å². The fourth-order valence-electron chi connectivity index (χ4n) is 0.520. The summed E-state index contributed by atoms with van der Waals surface area (Å²) in [6.45, 7) is 9.22. The molecule has 12 heavy (non-hydrogen) atoms. The van der Waals surface area contributed by atoms with Crippen LogP contribution in [0.1, 0.15) is 41.0 Å². The predicted molar refractivity (Wildman–Crippen MR) is 49.6 cm³/mol. The second-order valence-electron chi connectivity index (χ2n) is 3.68. The van der Waals surface area contributed by atoms with Crippen molar-refractivity contribution in [2.24, 2.45) is 4.99 Å². The SMILES string of the molecule is CC/C(C)=N\C(=O)OC(C)(C)C. The lowest BCUT2D eigenvalue weighted by Gasteiger charge is -2.17. The van der Waals surface area contributed by atoms with Gasteiger partial charge in [-0.1, -0.05) is 6.92 Å². The van der Waals surface area contributed by atoms with Crippen LogP contribution in [0.4, 0.5) is 4.79 Å². The van der Waals surface area contributed by atoms with Gasteiger partial charge in [0.1, 0.15) is 5.60 Å². The van der Waals surface area contributed by atoms with Crippen molar-refractivity contribution in [3.63, 3.8) is 0 Å². The number of ether oxygens (including phenoxy) is 1. The Bertz CT molecular complexity index is 189. The molecule has 0 aliphatic heterocycles. The predicted octanol–water partition coefficient (Wildman–Crippen LogP) is 2.79. The average Bonchev–Trinajstić information content (AvgIpc) is 1.82. The molecule has 0 aromatic rings. The molecule has 0 saturated heterocycles. The molecule has 0 aliphatic rings. The Hall–Kier alpha value is -0.860. The molecule has 0 aliphatic carbocycles. The van der Waals surface area contributed by atoms with Crippen LogP contribution >= 0.6 is 0 Å². The molecule has 1 amide bonds. The first-order valence-electron chi connectivity index (χ1n) is 4.12. The highest BCUT2D eigenvalue weighted by molar-refractivity contribution is 5.91. The number of aliphatic imine (C=N–C) groups is 1. The van der Waals surface area contributed by atoms with Gasteiger partial charge in [-0.3, -0.25) is 0 Å². The Morgan fingerprint density at radius 2 is 1.92 bits per heavy atom. The van der Waals surface area contributed by atoms with E-state index in [4.69, 9.17) is 4.74 Å². The summed E-state index contributed by atoms with van der Waals surface area (Å²) in [6, 6.07) is 0. The Labute approximate surface area is 73.8 Å². The zero-order valence-corrected chi connectivity index (χ0v) is 8.47. The fraction of sp³-hybridized carbons (Fsp3) is 0.778. The van der Waals surface area contributed by atoms with Crippen LogP contribution in [-0.4, -0.2) is 17.4 Å². The third-order valence-electron chi connectivity index (χ3n) is 1.19. The molecule has 0 atom stereocenters. The van der Waals surface area contributed by atoms with E-state index in [1.807, 2.05) is 34.6 Å². The van der Waals surface area contributed by atoms with Crippen LogP contribution in [-0.2, 0) is 4.74 Å². The molecule has 0 aromatic heterocycles. The van der Waals surface area contributed by atoms with E-state index in [0.29, 0.717) is 0 Å².